The number of rotatable bonds is 5. The predicted octanol–water partition coefficient (Wildman–Crippen LogP) is 1.85. The van der Waals surface area contributed by atoms with Crippen molar-refractivity contribution < 1.29 is 8.42 Å². The number of sulfonamides is 1. The first-order chi connectivity index (χ1) is 7.75. The molecule has 0 fully saturated rings. The van der Waals surface area contributed by atoms with Crippen LogP contribution in [0.5, 0.6) is 0 Å². The summed E-state index contributed by atoms with van der Waals surface area (Å²) in [6, 6.07) is 0. The SMILES string of the molecule is Cc1n[nH]c(C)c1S(=O)(=O)NC(C)(CBr)CBr. The average molecular weight is 389 g/mol. The molecule has 0 aromatic carbocycles. The third-order valence-corrected chi connectivity index (χ3v) is 6.68. The van der Waals surface area contributed by atoms with E-state index in [1.165, 1.54) is 0 Å². The third kappa shape index (κ3) is 3.30. The standard InChI is InChI=1S/C9H15Br2N3O2S/c1-6-8(7(2)13-12-6)17(15,16)14-9(3,4-10)5-11/h14H,4-5H2,1-3H3,(H,12,13). The topological polar surface area (TPSA) is 74.8 Å². The molecule has 1 aromatic rings. The fourth-order valence-electron chi connectivity index (χ4n) is 1.40. The van der Waals surface area contributed by atoms with Crippen molar-refractivity contribution in [3.63, 3.8) is 0 Å². The third-order valence-electron chi connectivity index (χ3n) is 2.30. The van der Waals surface area contributed by atoms with E-state index in [0.29, 0.717) is 22.0 Å². The smallest absolute Gasteiger partial charge is 0.244 e. The molecule has 0 aliphatic rings. The Morgan fingerprint density at radius 2 is 1.88 bits per heavy atom. The van der Waals surface area contributed by atoms with Gasteiger partial charge in [0, 0.05) is 16.2 Å². The first-order valence-corrected chi connectivity index (χ1v) is 8.66. The number of hydrogen-bond acceptors (Lipinski definition) is 3. The molecule has 0 bridgehead atoms. The quantitative estimate of drug-likeness (QED) is 0.756. The molecule has 1 heterocycles. The molecule has 0 atom stereocenters. The van der Waals surface area contributed by atoms with Gasteiger partial charge in [0.25, 0.3) is 0 Å². The lowest BCUT2D eigenvalue weighted by Crippen LogP contribution is -2.48. The molecule has 5 nitrogen and oxygen atoms in total. The minimum absolute atomic E-state index is 0.227. The molecule has 0 aliphatic heterocycles. The van der Waals surface area contributed by atoms with Crippen LogP contribution < -0.4 is 4.72 Å². The van der Waals surface area contributed by atoms with E-state index >= 15 is 0 Å². The van der Waals surface area contributed by atoms with Crippen LogP contribution in [-0.4, -0.2) is 34.8 Å². The Morgan fingerprint density at radius 1 is 1.35 bits per heavy atom. The minimum atomic E-state index is -3.56. The molecule has 0 saturated carbocycles. The van der Waals surface area contributed by atoms with Gasteiger partial charge < -0.3 is 0 Å². The summed E-state index contributed by atoms with van der Waals surface area (Å²) in [4.78, 5) is 0.227. The molecule has 0 radical (unpaired) electrons. The molecular formula is C9H15Br2N3O2S. The van der Waals surface area contributed by atoms with Gasteiger partial charge in [0.2, 0.25) is 10.0 Å². The zero-order valence-electron chi connectivity index (χ0n) is 9.84. The molecule has 0 saturated heterocycles. The fraction of sp³-hybridized carbons (Fsp3) is 0.667. The molecule has 0 amide bonds. The van der Waals surface area contributed by atoms with Crippen LogP contribution in [0.1, 0.15) is 18.3 Å². The highest BCUT2D eigenvalue weighted by Gasteiger charge is 2.31. The Labute approximate surface area is 118 Å². The van der Waals surface area contributed by atoms with Gasteiger partial charge in [0.15, 0.2) is 0 Å². The van der Waals surface area contributed by atoms with Gasteiger partial charge in [-0.15, -0.1) is 0 Å². The van der Waals surface area contributed by atoms with Crippen molar-refractivity contribution in [2.24, 2.45) is 0 Å². The number of aromatic nitrogens is 2. The first kappa shape index (κ1) is 15.1. The van der Waals surface area contributed by atoms with Crippen LogP contribution in [0.4, 0.5) is 0 Å². The van der Waals surface area contributed by atoms with Crippen LogP contribution in [0, 0.1) is 13.8 Å². The molecule has 98 valence electrons. The fourth-order valence-corrected chi connectivity index (χ4v) is 4.76. The maximum absolute atomic E-state index is 12.3. The van der Waals surface area contributed by atoms with E-state index in [9.17, 15) is 8.42 Å². The Bertz CT molecular complexity index is 475. The van der Waals surface area contributed by atoms with Gasteiger partial charge >= 0.3 is 0 Å². The van der Waals surface area contributed by atoms with Gasteiger partial charge in [-0.25, -0.2) is 13.1 Å². The zero-order chi connectivity index (χ0) is 13.3. The maximum atomic E-state index is 12.3. The Hall–Kier alpha value is 0.0800. The van der Waals surface area contributed by atoms with E-state index < -0.39 is 15.6 Å². The van der Waals surface area contributed by atoms with E-state index in [1.807, 2.05) is 6.92 Å². The molecule has 0 unspecified atom stereocenters. The van der Waals surface area contributed by atoms with Crippen molar-refractivity contribution in [1.82, 2.24) is 14.9 Å². The van der Waals surface area contributed by atoms with Gasteiger partial charge in [0.1, 0.15) is 4.90 Å². The Balaban J connectivity index is 3.14. The molecule has 1 aromatic heterocycles. The van der Waals surface area contributed by atoms with Crippen LogP contribution >= 0.6 is 31.9 Å². The van der Waals surface area contributed by atoms with Crippen molar-refractivity contribution in [2.45, 2.75) is 31.2 Å². The molecule has 1 rings (SSSR count). The van der Waals surface area contributed by atoms with Crippen molar-refractivity contribution in [1.29, 1.82) is 0 Å². The van der Waals surface area contributed by atoms with Crippen LogP contribution in [0.3, 0.4) is 0 Å². The predicted molar refractivity (Wildman–Crippen MR) is 74.4 cm³/mol. The first-order valence-electron chi connectivity index (χ1n) is 4.93. The second-order valence-corrected chi connectivity index (χ2v) is 6.94. The van der Waals surface area contributed by atoms with E-state index in [1.54, 1.807) is 13.8 Å². The highest BCUT2D eigenvalue weighted by Crippen LogP contribution is 2.21. The summed E-state index contributed by atoms with van der Waals surface area (Å²) in [6.45, 7) is 5.17. The summed E-state index contributed by atoms with van der Waals surface area (Å²) in [5.74, 6) is 0. The van der Waals surface area contributed by atoms with Crippen LogP contribution in [0.25, 0.3) is 0 Å². The maximum Gasteiger partial charge on any atom is 0.244 e. The monoisotopic (exact) mass is 387 g/mol. The zero-order valence-corrected chi connectivity index (χ0v) is 13.8. The van der Waals surface area contributed by atoms with Gasteiger partial charge in [-0.1, -0.05) is 31.9 Å². The molecule has 8 heteroatoms. The number of aryl methyl sites for hydroxylation is 2. The summed E-state index contributed by atoms with van der Waals surface area (Å²) in [5, 5.41) is 7.60. The summed E-state index contributed by atoms with van der Waals surface area (Å²) in [6.07, 6.45) is 0. The number of halogens is 2. The Morgan fingerprint density at radius 3 is 2.24 bits per heavy atom. The minimum Gasteiger partial charge on any atom is -0.281 e. The van der Waals surface area contributed by atoms with Gasteiger partial charge in [-0.2, -0.15) is 5.10 Å². The second-order valence-electron chi connectivity index (χ2n) is 4.20. The molecule has 0 aliphatic carbocycles. The van der Waals surface area contributed by atoms with Crippen LogP contribution in [0.2, 0.25) is 0 Å². The Kier molecular flexibility index (Phi) is 4.79. The van der Waals surface area contributed by atoms with Crippen molar-refractivity contribution >= 4 is 41.9 Å². The lowest BCUT2D eigenvalue weighted by Gasteiger charge is -2.26. The summed E-state index contributed by atoms with van der Waals surface area (Å²) in [5.41, 5.74) is 0.442. The molecule has 17 heavy (non-hydrogen) atoms. The van der Waals surface area contributed by atoms with Crippen molar-refractivity contribution in [3.05, 3.63) is 11.4 Å². The van der Waals surface area contributed by atoms with E-state index in [-0.39, 0.29) is 4.90 Å². The summed E-state index contributed by atoms with van der Waals surface area (Å²) in [7, 11) is -3.56. The van der Waals surface area contributed by atoms with E-state index in [4.69, 9.17) is 0 Å². The highest BCUT2D eigenvalue weighted by molar-refractivity contribution is 9.09. The largest absolute Gasteiger partial charge is 0.281 e. The lowest BCUT2D eigenvalue weighted by atomic mass is 10.1. The number of aromatic amines is 1. The number of nitrogens with zero attached hydrogens (tertiary/aromatic N) is 1. The van der Waals surface area contributed by atoms with Gasteiger partial charge in [0.05, 0.1) is 11.4 Å². The second kappa shape index (κ2) is 5.38. The van der Waals surface area contributed by atoms with Crippen molar-refractivity contribution in [3.8, 4) is 0 Å². The molecule has 2 N–H and O–H groups in total. The van der Waals surface area contributed by atoms with Gasteiger partial charge in [-0.3, -0.25) is 5.10 Å². The van der Waals surface area contributed by atoms with Gasteiger partial charge in [-0.05, 0) is 20.8 Å². The molecular weight excluding hydrogens is 374 g/mol. The van der Waals surface area contributed by atoms with Crippen LogP contribution in [0.15, 0.2) is 4.90 Å². The van der Waals surface area contributed by atoms with Crippen LogP contribution in [-0.2, 0) is 10.0 Å². The normalized spacial score (nSPS) is 13.0. The number of nitrogens with one attached hydrogen (secondary N) is 2. The lowest BCUT2D eigenvalue weighted by molar-refractivity contribution is 0.508. The van der Waals surface area contributed by atoms with E-state index in [2.05, 4.69) is 46.8 Å². The average Bonchev–Trinajstić information content (AvgIpc) is 2.58. The van der Waals surface area contributed by atoms with E-state index in [0.717, 1.165) is 0 Å². The number of H-pyrrole nitrogens is 1. The summed E-state index contributed by atoms with van der Waals surface area (Å²) >= 11 is 6.61. The van der Waals surface area contributed by atoms with Crippen molar-refractivity contribution in [2.75, 3.05) is 10.7 Å². The molecule has 0 spiro atoms. The highest BCUT2D eigenvalue weighted by atomic mass is 79.9. The number of hydrogen-bond donors (Lipinski definition) is 2. The summed E-state index contributed by atoms with van der Waals surface area (Å²) < 4.78 is 27.2. The number of alkyl halides is 2.